The van der Waals surface area contributed by atoms with Crippen LogP contribution in [-0.4, -0.2) is 22.1 Å². The molecule has 2 aromatic carbocycles. The maximum absolute atomic E-state index is 13.5. The van der Waals surface area contributed by atoms with Gasteiger partial charge in [-0.15, -0.1) is 0 Å². The number of aromatic hydroxyl groups is 1. The van der Waals surface area contributed by atoms with Crippen molar-refractivity contribution in [3.63, 3.8) is 0 Å². The first-order valence-electron chi connectivity index (χ1n) is 7.38. The van der Waals surface area contributed by atoms with Crippen molar-refractivity contribution < 1.29 is 9.50 Å². The van der Waals surface area contributed by atoms with Gasteiger partial charge in [0.1, 0.15) is 29.0 Å². The predicted molar refractivity (Wildman–Crippen MR) is 93.2 cm³/mol. The summed E-state index contributed by atoms with van der Waals surface area (Å²) in [6, 6.07) is 12.7. The van der Waals surface area contributed by atoms with Gasteiger partial charge in [0.2, 0.25) is 0 Å². The van der Waals surface area contributed by atoms with Crippen molar-refractivity contribution in [3.05, 3.63) is 53.8 Å². The molecule has 0 spiro atoms. The molecule has 124 valence electrons. The van der Waals surface area contributed by atoms with Gasteiger partial charge in [-0.2, -0.15) is 5.26 Å². The van der Waals surface area contributed by atoms with E-state index in [9.17, 15) is 14.8 Å². The Morgan fingerprint density at radius 1 is 1.16 bits per heavy atom. The third-order valence-electron chi connectivity index (χ3n) is 3.70. The molecule has 3 aromatic rings. The minimum absolute atomic E-state index is 0.0381. The van der Waals surface area contributed by atoms with Crippen LogP contribution in [0.1, 0.15) is 5.56 Å². The first-order valence-corrected chi connectivity index (χ1v) is 7.38. The largest absolute Gasteiger partial charge is 0.507 e. The number of rotatable bonds is 3. The quantitative estimate of drug-likeness (QED) is 0.678. The van der Waals surface area contributed by atoms with E-state index in [1.54, 1.807) is 19.2 Å². The van der Waals surface area contributed by atoms with Crippen molar-refractivity contribution in [3.8, 4) is 34.5 Å². The molecule has 0 fully saturated rings. The normalized spacial score (nSPS) is 10.3. The smallest absolute Gasteiger partial charge is 0.166 e. The third kappa shape index (κ3) is 3.05. The van der Waals surface area contributed by atoms with Gasteiger partial charge in [0.25, 0.3) is 0 Å². The standard InChI is InChI=1S/C18H14FN5O/c1-22-12-5-2-10(3-6-12)16-14(9-20)17(21)24-18(23-16)13-8-11(19)4-7-15(13)25/h2-8,22,25H,1H3,(H2,21,23,24). The van der Waals surface area contributed by atoms with Crippen LogP contribution in [0.2, 0.25) is 0 Å². The maximum Gasteiger partial charge on any atom is 0.166 e. The molecular weight excluding hydrogens is 321 g/mol. The van der Waals surface area contributed by atoms with E-state index in [2.05, 4.69) is 15.3 Å². The first-order chi connectivity index (χ1) is 12.0. The van der Waals surface area contributed by atoms with Gasteiger partial charge in [-0.3, -0.25) is 0 Å². The van der Waals surface area contributed by atoms with Gasteiger partial charge in [0, 0.05) is 18.3 Å². The molecule has 1 heterocycles. The van der Waals surface area contributed by atoms with Crippen LogP contribution in [0.5, 0.6) is 5.75 Å². The number of anilines is 2. The summed E-state index contributed by atoms with van der Waals surface area (Å²) < 4.78 is 13.5. The lowest BCUT2D eigenvalue weighted by atomic mass is 10.1. The fourth-order valence-electron chi connectivity index (χ4n) is 2.40. The van der Waals surface area contributed by atoms with E-state index in [1.165, 1.54) is 6.07 Å². The van der Waals surface area contributed by atoms with Crippen LogP contribution in [0.25, 0.3) is 22.6 Å². The molecule has 6 nitrogen and oxygen atoms in total. The lowest BCUT2D eigenvalue weighted by Gasteiger charge is -2.10. The third-order valence-corrected chi connectivity index (χ3v) is 3.70. The van der Waals surface area contributed by atoms with E-state index < -0.39 is 5.82 Å². The molecule has 0 amide bonds. The summed E-state index contributed by atoms with van der Waals surface area (Å²) in [7, 11) is 1.79. The highest BCUT2D eigenvalue weighted by molar-refractivity contribution is 5.76. The average Bonchev–Trinajstić information content (AvgIpc) is 2.63. The van der Waals surface area contributed by atoms with E-state index in [4.69, 9.17) is 5.73 Å². The molecule has 0 bridgehead atoms. The Hall–Kier alpha value is -3.66. The summed E-state index contributed by atoms with van der Waals surface area (Å²) in [4.78, 5) is 8.38. The van der Waals surface area contributed by atoms with Crippen LogP contribution < -0.4 is 11.1 Å². The molecule has 7 heteroatoms. The van der Waals surface area contributed by atoms with Crippen LogP contribution in [0.3, 0.4) is 0 Å². The van der Waals surface area contributed by atoms with E-state index in [1.807, 2.05) is 18.2 Å². The van der Waals surface area contributed by atoms with Crippen LogP contribution in [0.15, 0.2) is 42.5 Å². The van der Waals surface area contributed by atoms with Crippen molar-refractivity contribution in [1.82, 2.24) is 9.97 Å². The molecule has 0 saturated heterocycles. The number of aromatic nitrogens is 2. The Balaban J connectivity index is 2.22. The molecule has 4 N–H and O–H groups in total. The van der Waals surface area contributed by atoms with Crippen molar-refractivity contribution in [1.29, 1.82) is 5.26 Å². The number of nitrogen functional groups attached to an aromatic ring is 1. The Labute approximate surface area is 143 Å². The highest BCUT2D eigenvalue weighted by atomic mass is 19.1. The molecule has 0 aliphatic heterocycles. The van der Waals surface area contributed by atoms with Crippen molar-refractivity contribution in [2.24, 2.45) is 0 Å². The second-order valence-electron chi connectivity index (χ2n) is 5.26. The zero-order valence-electron chi connectivity index (χ0n) is 13.3. The summed E-state index contributed by atoms with van der Waals surface area (Å²) in [6.45, 7) is 0. The van der Waals surface area contributed by atoms with E-state index in [-0.39, 0.29) is 28.5 Å². The monoisotopic (exact) mass is 335 g/mol. The molecule has 0 atom stereocenters. The van der Waals surface area contributed by atoms with E-state index >= 15 is 0 Å². The number of nitrogens with one attached hydrogen (secondary N) is 1. The molecule has 1 aromatic heterocycles. The molecular formula is C18H14FN5O. The fraction of sp³-hybridized carbons (Fsp3) is 0.0556. The van der Waals surface area contributed by atoms with Gasteiger partial charge in [-0.05, 0) is 30.3 Å². The van der Waals surface area contributed by atoms with Gasteiger partial charge < -0.3 is 16.2 Å². The van der Waals surface area contributed by atoms with Crippen molar-refractivity contribution >= 4 is 11.5 Å². The SMILES string of the molecule is CNc1ccc(-c2nc(-c3cc(F)ccc3O)nc(N)c2C#N)cc1. The summed E-state index contributed by atoms with van der Waals surface area (Å²) in [5.41, 5.74) is 7.98. The minimum atomic E-state index is -0.542. The summed E-state index contributed by atoms with van der Waals surface area (Å²) in [6.07, 6.45) is 0. The minimum Gasteiger partial charge on any atom is -0.507 e. The van der Waals surface area contributed by atoms with Crippen LogP contribution >= 0.6 is 0 Å². The zero-order chi connectivity index (χ0) is 18.0. The van der Waals surface area contributed by atoms with Crippen LogP contribution in [-0.2, 0) is 0 Å². The average molecular weight is 335 g/mol. The number of nitriles is 1. The van der Waals surface area contributed by atoms with Gasteiger partial charge in [0.15, 0.2) is 5.82 Å². The number of benzene rings is 2. The first kappa shape index (κ1) is 16.2. The predicted octanol–water partition coefficient (Wildman–Crippen LogP) is 3.15. The number of phenols is 1. The maximum atomic E-state index is 13.5. The highest BCUT2D eigenvalue weighted by Gasteiger charge is 2.17. The van der Waals surface area contributed by atoms with Gasteiger partial charge in [-0.1, -0.05) is 12.1 Å². The number of nitrogens with two attached hydrogens (primary N) is 1. The summed E-state index contributed by atoms with van der Waals surface area (Å²) in [5.74, 6) is -0.716. The van der Waals surface area contributed by atoms with Crippen LogP contribution in [0, 0.1) is 17.1 Å². The molecule has 25 heavy (non-hydrogen) atoms. The molecule has 0 aliphatic carbocycles. The zero-order valence-corrected chi connectivity index (χ0v) is 13.3. The molecule has 0 unspecified atom stereocenters. The second kappa shape index (κ2) is 6.45. The van der Waals surface area contributed by atoms with Gasteiger partial charge in [-0.25, -0.2) is 14.4 Å². The fourth-order valence-corrected chi connectivity index (χ4v) is 2.40. The number of hydrogen-bond acceptors (Lipinski definition) is 6. The van der Waals surface area contributed by atoms with E-state index in [0.29, 0.717) is 11.3 Å². The Bertz CT molecular complexity index is 980. The Morgan fingerprint density at radius 3 is 2.52 bits per heavy atom. The summed E-state index contributed by atoms with van der Waals surface area (Å²) in [5, 5.41) is 22.4. The molecule has 0 radical (unpaired) electrons. The second-order valence-corrected chi connectivity index (χ2v) is 5.26. The van der Waals surface area contributed by atoms with E-state index in [0.717, 1.165) is 17.8 Å². The lowest BCUT2D eigenvalue weighted by molar-refractivity contribution is 0.475. The number of halogens is 1. The number of hydrogen-bond donors (Lipinski definition) is 3. The Morgan fingerprint density at radius 2 is 1.88 bits per heavy atom. The molecule has 3 rings (SSSR count). The Kier molecular flexibility index (Phi) is 4.18. The van der Waals surface area contributed by atoms with Crippen LogP contribution in [0.4, 0.5) is 15.9 Å². The van der Waals surface area contributed by atoms with Gasteiger partial charge >= 0.3 is 0 Å². The van der Waals surface area contributed by atoms with Crippen molar-refractivity contribution in [2.75, 3.05) is 18.1 Å². The number of phenolic OH excluding ortho intramolecular Hbond substituents is 1. The molecule has 0 aliphatic rings. The molecule has 0 saturated carbocycles. The number of nitrogens with zero attached hydrogens (tertiary/aromatic N) is 3. The van der Waals surface area contributed by atoms with Gasteiger partial charge in [0.05, 0.1) is 11.3 Å². The lowest BCUT2D eigenvalue weighted by Crippen LogP contribution is -2.03. The topological polar surface area (TPSA) is 108 Å². The highest BCUT2D eigenvalue weighted by Crippen LogP contribution is 2.32. The summed E-state index contributed by atoms with van der Waals surface area (Å²) >= 11 is 0. The van der Waals surface area contributed by atoms with Crippen molar-refractivity contribution in [2.45, 2.75) is 0 Å².